The normalized spacial score (nSPS) is 11.0. The zero-order chi connectivity index (χ0) is 20.4. The fourth-order valence-electron chi connectivity index (χ4n) is 3.08. The number of ketones is 1. The molecule has 0 unspecified atom stereocenters. The lowest BCUT2D eigenvalue weighted by molar-refractivity contribution is 0.0987. The highest BCUT2D eigenvalue weighted by atomic mass is 19.1. The number of halogens is 1. The van der Waals surface area contributed by atoms with Gasteiger partial charge in [0.2, 0.25) is 0 Å². The summed E-state index contributed by atoms with van der Waals surface area (Å²) in [5.41, 5.74) is 9.43. The van der Waals surface area contributed by atoms with Gasteiger partial charge in [-0.05, 0) is 30.7 Å². The molecule has 0 bridgehead atoms. The Morgan fingerprint density at radius 1 is 1.24 bits per heavy atom. The lowest BCUT2D eigenvalue weighted by atomic mass is 10.0. The fourth-order valence-corrected chi connectivity index (χ4v) is 3.08. The first-order chi connectivity index (χ1) is 14.0. The quantitative estimate of drug-likeness (QED) is 0.491. The third kappa shape index (κ3) is 4.06. The molecule has 0 saturated heterocycles. The highest BCUT2D eigenvalue weighted by molar-refractivity contribution is 5.95. The van der Waals surface area contributed by atoms with Gasteiger partial charge in [0.1, 0.15) is 17.3 Å². The molecule has 1 aromatic carbocycles. The molecule has 0 aliphatic heterocycles. The summed E-state index contributed by atoms with van der Waals surface area (Å²) in [5, 5.41) is 3.07. The smallest absolute Gasteiger partial charge is 0.187 e. The number of nitrogen functional groups attached to an aromatic ring is 1. The Labute approximate surface area is 166 Å². The van der Waals surface area contributed by atoms with Gasteiger partial charge in [-0.15, -0.1) is 0 Å². The zero-order valence-corrected chi connectivity index (χ0v) is 15.8. The lowest BCUT2D eigenvalue weighted by Gasteiger charge is -2.10. The van der Waals surface area contributed by atoms with Crippen LogP contribution in [-0.2, 0) is 13.0 Å². The van der Waals surface area contributed by atoms with Crippen molar-refractivity contribution in [2.24, 2.45) is 0 Å². The van der Waals surface area contributed by atoms with Crippen molar-refractivity contribution in [3.05, 3.63) is 83.5 Å². The summed E-state index contributed by atoms with van der Waals surface area (Å²) in [6, 6.07) is 8.16. The molecule has 0 amide bonds. The zero-order valence-electron chi connectivity index (χ0n) is 15.8. The van der Waals surface area contributed by atoms with Gasteiger partial charge in [0.25, 0.3) is 0 Å². The van der Waals surface area contributed by atoms with Crippen LogP contribution < -0.4 is 11.1 Å². The minimum atomic E-state index is -0.357. The number of hydrogen-bond acceptors (Lipinski definition) is 6. The van der Waals surface area contributed by atoms with Crippen LogP contribution in [-0.4, -0.2) is 25.1 Å². The summed E-state index contributed by atoms with van der Waals surface area (Å²) in [7, 11) is 0. The highest BCUT2D eigenvalue weighted by Gasteiger charge is 2.12. The first-order valence-electron chi connectivity index (χ1n) is 9.06. The van der Waals surface area contributed by atoms with Crippen LogP contribution in [0.4, 0.5) is 15.9 Å². The molecular formula is C21H19FN6O. The molecule has 29 heavy (non-hydrogen) atoms. The van der Waals surface area contributed by atoms with Crippen LogP contribution in [0.25, 0.3) is 5.65 Å². The monoisotopic (exact) mass is 390 g/mol. The average molecular weight is 390 g/mol. The first kappa shape index (κ1) is 18.5. The maximum absolute atomic E-state index is 14.2. The minimum Gasteiger partial charge on any atom is -0.382 e. The van der Waals surface area contributed by atoms with Gasteiger partial charge >= 0.3 is 0 Å². The Morgan fingerprint density at radius 3 is 2.93 bits per heavy atom. The molecule has 0 aliphatic rings. The van der Waals surface area contributed by atoms with Crippen molar-refractivity contribution in [2.45, 2.75) is 19.9 Å². The molecule has 0 atom stereocenters. The van der Waals surface area contributed by atoms with Crippen LogP contribution >= 0.6 is 0 Å². The van der Waals surface area contributed by atoms with Gasteiger partial charge in [-0.1, -0.05) is 12.1 Å². The van der Waals surface area contributed by atoms with E-state index in [0.29, 0.717) is 34.0 Å². The third-order valence-electron chi connectivity index (χ3n) is 4.53. The molecule has 4 rings (SSSR count). The second-order valence-corrected chi connectivity index (χ2v) is 6.74. The molecular weight excluding hydrogens is 371 g/mol. The van der Waals surface area contributed by atoms with E-state index in [1.54, 1.807) is 47.3 Å². The average Bonchev–Trinajstić information content (AvgIpc) is 3.08. The largest absolute Gasteiger partial charge is 0.382 e. The summed E-state index contributed by atoms with van der Waals surface area (Å²) in [4.78, 5) is 25.1. The number of Topliss-reactive ketones (excluding diaryl/α,β-unsaturated/α-hetero) is 1. The van der Waals surface area contributed by atoms with Crippen LogP contribution in [0.5, 0.6) is 0 Å². The molecule has 0 radical (unpaired) electrons. The molecule has 3 heterocycles. The van der Waals surface area contributed by atoms with Crippen LogP contribution in [0.3, 0.4) is 0 Å². The number of imidazole rings is 1. The Kier molecular flexibility index (Phi) is 4.90. The predicted molar refractivity (Wildman–Crippen MR) is 108 cm³/mol. The number of benzene rings is 1. The number of pyridine rings is 1. The highest BCUT2D eigenvalue weighted by Crippen LogP contribution is 2.18. The standard InChI is InChI=1S/C21H19FN6O/c1-13-11-28-12-18(26-10-20(28)27-13)19(29)8-14-4-5-16(22)15(7-14)9-25-17-3-2-6-24-21(17)23/h2-7,10-12,25H,8-9H2,1H3,(H2,23,24). The Morgan fingerprint density at radius 2 is 2.10 bits per heavy atom. The molecule has 0 aliphatic carbocycles. The second-order valence-electron chi connectivity index (χ2n) is 6.74. The number of carbonyl (C=O) groups is 1. The van der Waals surface area contributed by atoms with E-state index < -0.39 is 0 Å². The molecule has 0 spiro atoms. The maximum Gasteiger partial charge on any atom is 0.187 e. The Bertz CT molecular complexity index is 1200. The Hall–Kier alpha value is -3.81. The van der Waals surface area contributed by atoms with E-state index in [4.69, 9.17) is 5.73 Å². The van der Waals surface area contributed by atoms with E-state index in [-0.39, 0.29) is 24.6 Å². The first-order valence-corrected chi connectivity index (χ1v) is 9.06. The van der Waals surface area contributed by atoms with E-state index in [9.17, 15) is 9.18 Å². The number of carbonyl (C=O) groups excluding carboxylic acids is 1. The maximum atomic E-state index is 14.2. The molecule has 0 saturated carbocycles. The molecule has 146 valence electrons. The van der Waals surface area contributed by atoms with Gasteiger partial charge in [-0.25, -0.2) is 19.3 Å². The number of anilines is 2. The summed E-state index contributed by atoms with van der Waals surface area (Å²) in [6.45, 7) is 2.10. The van der Waals surface area contributed by atoms with E-state index >= 15 is 0 Å². The van der Waals surface area contributed by atoms with Crippen molar-refractivity contribution >= 4 is 22.9 Å². The lowest BCUT2D eigenvalue weighted by Crippen LogP contribution is -2.09. The van der Waals surface area contributed by atoms with E-state index in [2.05, 4.69) is 20.3 Å². The van der Waals surface area contributed by atoms with Crippen molar-refractivity contribution in [3.63, 3.8) is 0 Å². The summed E-state index contributed by atoms with van der Waals surface area (Å²) in [5.74, 6) is -0.166. The fraction of sp³-hybridized carbons (Fsp3) is 0.143. The van der Waals surface area contributed by atoms with Crippen molar-refractivity contribution in [2.75, 3.05) is 11.1 Å². The second kappa shape index (κ2) is 7.67. The van der Waals surface area contributed by atoms with Gasteiger partial charge in [0.05, 0.1) is 17.6 Å². The van der Waals surface area contributed by atoms with Crippen molar-refractivity contribution in [1.29, 1.82) is 0 Å². The number of fused-ring (bicyclic) bond motifs is 1. The molecule has 4 aromatic rings. The third-order valence-corrected chi connectivity index (χ3v) is 4.53. The summed E-state index contributed by atoms with van der Waals surface area (Å²) < 4.78 is 16.0. The van der Waals surface area contributed by atoms with Gasteiger partial charge in [0, 0.05) is 37.1 Å². The molecule has 3 N–H and O–H groups in total. The summed E-state index contributed by atoms with van der Waals surface area (Å²) in [6.07, 6.45) is 6.77. The number of hydrogen-bond donors (Lipinski definition) is 2. The van der Waals surface area contributed by atoms with Gasteiger partial charge < -0.3 is 15.5 Å². The van der Waals surface area contributed by atoms with Crippen molar-refractivity contribution in [3.8, 4) is 0 Å². The number of aryl methyl sites for hydroxylation is 1. The van der Waals surface area contributed by atoms with E-state index in [1.165, 1.54) is 6.07 Å². The van der Waals surface area contributed by atoms with Crippen LogP contribution in [0.1, 0.15) is 27.3 Å². The van der Waals surface area contributed by atoms with Crippen LogP contribution in [0, 0.1) is 12.7 Å². The summed E-state index contributed by atoms with van der Waals surface area (Å²) >= 11 is 0. The van der Waals surface area contributed by atoms with Crippen molar-refractivity contribution in [1.82, 2.24) is 19.4 Å². The number of nitrogens with one attached hydrogen (secondary N) is 1. The topological polar surface area (TPSA) is 98.2 Å². The number of rotatable bonds is 6. The minimum absolute atomic E-state index is 0.120. The molecule has 0 fully saturated rings. The SMILES string of the molecule is Cc1cn2cc(C(=O)Cc3ccc(F)c(CNc4cccnc4N)c3)ncc2n1. The molecule has 8 heteroatoms. The van der Waals surface area contributed by atoms with Gasteiger partial charge in [0.15, 0.2) is 11.4 Å². The van der Waals surface area contributed by atoms with Gasteiger partial charge in [-0.2, -0.15) is 0 Å². The van der Waals surface area contributed by atoms with E-state index in [1.807, 2.05) is 13.1 Å². The van der Waals surface area contributed by atoms with E-state index in [0.717, 1.165) is 5.69 Å². The van der Waals surface area contributed by atoms with Crippen LogP contribution in [0.2, 0.25) is 0 Å². The number of aromatic nitrogens is 4. The predicted octanol–water partition coefficient (Wildman–Crippen LogP) is 3.19. The molecule has 7 nitrogen and oxygen atoms in total. The number of nitrogens with zero attached hydrogens (tertiary/aromatic N) is 4. The van der Waals surface area contributed by atoms with Gasteiger partial charge in [-0.3, -0.25) is 4.79 Å². The van der Waals surface area contributed by atoms with Crippen molar-refractivity contribution < 1.29 is 9.18 Å². The Balaban J connectivity index is 1.50. The molecule has 3 aromatic heterocycles. The van der Waals surface area contributed by atoms with Crippen LogP contribution in [0.15, 0.2) is 55.1 Å². The number of nitrogens with two attached hydrogens (primary N) is 1.